The molecule has 3 N–H and O–H groups in total. The van der Waals surface area contributed by atoms with Gasteiger partial charge in [0.25, 0.3) is 5.91 Å². The second-order valence-corrected chi connectivity index (χ2v) is 5.30. The molecule has 1 aromatic rings. The van der Waals surface area contributed by atoms with E-state index in [9.17, 15) is 4.79 Å². The molecule has 20 heavy (non-hydrogen) atoms. The highest BCUT2D eigenvalue weighted by molar-refractivity contribution is 6.30. The fraction of sp³-hybridized carbons (Fsp3) is 0.429. The normalized spacial score (nSPS) is 11.5. The second-order valence-electron chi connectivity index (χ2n) is 4.86. The van der Waals surface area contributed by atoms with Crippen molar-refractivity contribution >= 4 is 23.3 Å². The number of carbonyl (C=O) groups is 1. The van der Waals surface area contributed by atoms with Crippen LogP contribution in [0.4, 0.5) is 0 Å². The Morgan fingerprint density at radius 1 is 1.50 bits per heavy atom. The number of amidine groups is 1. The first-order valence-electron chi connectivity index (χ1n) is 6.43. The van der Waals surface area contributed by atoms with Gasteiger partial charge in [0, 0.05) is 18.0 Å². The summed E-state index contributed by atoms with van der Waals surface area (Å²) in [5.41, 5.74) is 6.55. The Labute approximate surface area is 124 Å². The van der Waals surface area contributed by atoms with Crippen molar-refractivity contribution in [3.8, 4) is 0 Å². The SMILES string of the molecule is CC(C)CC(N)=NOCC(=O)NCc1cccc(Cl)c1. The molecule has 1 amide bonds. The second kappa shape index (κ2) is 8.43. The van der Waals surface area contributed by atoms with Gasteiger partial charge in [0.05, 0.1) is 0 Å². The Bertz CT molecular complexity index is 475. The van der Waals surface area contributed by atoms with Crippen molar-refractivity contribution < 1.29 is 9.63 Å². The summed E-state index contributed by atoms with van der Waals surface area (Å²) in [6, 6.07) is 7.28. The topological polar surface area (TPSA) is 76.7 Å². The summed E-state index contributed by atoms with van der Waals surface area (Å²) in [4.78, 5) is 16.4. The molecule has 6 heteroatoms. The fourth-order valence-electron chi connectivity index (χ4n) is 1.53. The monoisotopic (exact) mass is 297 g/mol. The average molecular weight is 298 g/mol. The van der Waals surface area contributed by atoms with Crippen molar-refractivity contribution in [2.45, 2.75) is 26.8 Å². The minimum atomic E-state index is -0.258. The van der Waals surface area contributed by atoms with Crippen LogP contribution in [0, 0.1) is 5.92 Å². The molecule has 5 nitrogen and oxygen atoms in total. The van der Waals surface area contributed by atoms with E-state index in [-0.39, 0.29) is 12.5 Å². The van der Waals surface area contributed by atoms with Crippen LogP contribution in [0.25, 0.3) is 0 Å². The molecule has 1 rings (SSSR count). The highest BCUT2D eigenvalue weighted by Crippen LogP contribution is 2.10. The third kappa shape index (κ3) is 6.99. The zero-order valence-corrected chi connectivity index (χ0v) is 12.5. The molecular weight excluding hydrogens is 278 g/mol. The third-order valence-corrected chi connectivity index (χ3v) is 2.61. The van der Waals surface area contributed by atoms with Crippen molar-refractivity contribution in [2.75, 3.05) is 6.61 Å². The predicted octanol–water partition coefficient (Wildman–Crippen LogP) is 2.29. The lowest BCUT2D eigenvalue weighted by molar-refractivity contribution is -0.125. The lowest BCUT2D eigenvalue weighted by Crippen LogP contribution is -2.27. The summed E-state index contributed by atoms with van der Waals surface area (Å²) in [5.74, 6) is 0.535. The zero-order valence-electron chi connectivity index (χ0n) is 11.7. The maximum atomic E-state index is 11.5. The van der Waals surface area contributed by atoms with E-state index >= 15 is 0 Å². The molecule has 0 saturated heterocycles. The van der Waals surface area contributed by atoms with Crippen LogP contribution in [-0.4, -0.2) is 18.3 Å². The number of rotatable bonds is 7. The number of nitrogens with two attached hydrogens (primary N) is 1. The van der Waals surface area contributed by atoms with Crippen LogP contribution >= 0.6 is 11.6 Å². The molecule has 0 aliphatic rings. The summed E-state index contributed by atoms with van der Waals surface area (Å²) in [6.45, 7) is 4.30. The van der Waals surface area contributed by atoms with Crippen LogP contribution in [0.3, 0.4) is 0 Å². The van der Waals surface area contributed by atoms with Crippen molar-refractivity contribution in [1.82, 2.24) is 5.32 Å². The van der Waals surface area contributed by atoms with Crippen LogP contribution in [0.5, 0.6) is 0 Å². The summed E-state index contributed by atoms with van der Waals surface area (Å²) >= 11 is 5.85. The number of halogens is 1. The molecule has 0 aliphatic heterocycles. The molecule has 0 atom stereocenters. The van der Waals surface area contributed by atoms with Crippen LogP contribution in [0.2, 0.25) is 5.02 Å². The van der Waals surface area contributed by atoms with Gasteiger partial charge in [-0.15, -0.1) is 0 Å². The molecule has 110 valence electrons. The highest BCUT2D eigenvalue weighted by atomic mass is 35.5. The maximum absolute atomic E-state index is 11.5. The summed E-state index contributed by atoms with van der Waals surface area (Å²) in [5, 5.41) is 7.03. The Morgan fingerprint density at radius 2 is 2.25 bits per heavy atom. The first-order valence-corrected chi connectivity index (χ1v) is 6.80. The number of nitrogens with one attached hydrogen (secondary N) is 1. The van der Waals surface area contributed by atoms with E-state index in [1.807, 2.05) is 26.0 Å². The number of hydrogen-bond acceptors (Lipinski definition) is 3. The van der Waals surface area contributed by atoms with Crippen molar-refractivity contribution in [3.05, 3.63) is 34.9 Å². The number of amides is 1. The molecule has 0 aliphatic carbocycles. The molecule has 0 unspecified atom stereocenters. The van der Waals surface area contributed by atoms with Gasteiger partial charge in [0.2, 0.25) is 0 Å². The molecule has 0 radical (unpaired) electrons. The average Bonchev–Trinajstić information content (AvgIpc) is 2.35. The van der Waals surface area contributed by atoms with Crippen LogP contribution < -0.4 is 11.1 Å². The standard InChI is InChI=1S/C14H20ClN3O2/c1-10(2)6-13(16)18-20-9-14(19)17-8-11-4-3-5-12(15)7-11/h3-5,7,10H,6,8-9H2,1-2H3,(H2,16,18)(H,17,19). The van der Waals surface area contributed by atoms with Gasteiger partial charge in [0.15, 0.2) is 6.61 Å². The van der Waals surface area contributed by atoms with E-state index < -0.39 is 0 Å². The van der Waals surface area contributed by atoms with E-state index in [1.165, 1.54) is 0 Å². The lowest BCUT2D eigenvalue weighted by atomic mass is 10.1. The quantitative estimate of drug-likeness (QED) is 0.460. The molecule has 1 aromatic carbocycles. The fourth-order valence-corrected chi connectivity index (χ4v) is 1.74. The van der Waals surface area contributed by atoms with E-state index in [4.69, 9.17) is 22.2 Å². The van der Waals surface area contributed by atoms with E-state index in [2.05, 4.69) is 10.5 Å². The van der Waals surface area contributed by atoms with Gasteiger partial charge in [-0.1, -0.05) is 42.7 Å². The first-order chi connectivity index (χ1) is 9.47. The van der Waals surface area contributed by atoms with E-state index in [0.29, 0.717) is 29.7 Å². The Hall–Kier alpha value is -1.75. The van der Waals surface area contributed by atoms with Gasteiger partial charge in [-0.2, -0.15) is 0 Å². The molecular formula is C14H20ClN3O2. The predicted molar refractivity (Wildman–Crippen MR) is 80.3 cm³/mol. The van der Waals surface area contributed by atoms with Gasteiger partial charge < -0.3 is 15.9 Å². The molecule has 0 heterocycles. The zero-order chi connectivity index (χ0) is 15.0. The summed E-state index contributed by atoms with van der Waals surface area (Å²) in [6.07, 6.45) is 0.643. The van der Waals surface area contributed by atoms with Crippen molar-refractivity contribution in [1.29, 1.82) is 0 Å². The number of hydrogen-bond donors (Lipinski definition) is 2. The number of nitrogens with zero attached hydrogens (tertiary/aromatic N) is 1. The van der Waals surface area contributed by atoms with Crippen LogP contribution in [0.15, 0.2) is 29.4 Å². The maximum Gasteiger partial charge on any atom is 0.261 e. The Kier molecular flexibility index (Phi) is 6.87. The minimum Gasteiger partial charge on any atom is -0.384 e. The summed E-state index contributed by atoms with van der Waals surface area (Å²) in [7, 11) is 0. The number of oxime groups is 1. The van der Waals surface area contributed by atoms with Crippen molar-refractivity contribution in [3.63, 3.8) is 0 Å². The first kappa shape index (κ1) is 16.3. The van der Waals surface area contributed by atoms with E-state index in [0.717, 1.165) is 5.56 Å². The van der Waals surface area contributed by atoms with Crippen molar-refractivity contribution in [2.24, 2.45) is 16.8 Å². The third-order valence-electron chi connectivity index (χ3n) is 2.37. The highest BCUT2D eigenvalue weighted by Gasteiger charge is 2.03. The smallest absolute Gasteiger partial charge is 0.261 e. The van der Waals surface area contributed by atoms with Crippen LogP contribution in [0.1, 0.15) is 25.8 Å². The van der Waals surface area contributed by atoms with Gasteiger partial charge in [-0.05, 0) is 23.6 Å². The molecule has 0 fully saturated rings. The van der Waals surface area contributed by atoms with Gasteiger partial charge in [-0.3, -0.25) is 4.79 Å². The van der Waals surface area contributed by atoms with Gasteiger partial charge in [0.1, 0.15) is 5.84 Å². The molecule has 0 aromatic heterocycles. The minimum absolute atomic E-state index is 0.153. The van der Waals surface area contributed by atoms with E-state index in [1.54, 1.807) is 12.1 Å². The molecule has 0 spiro atoms. The molecule has 0 saturated carbocycles. The Morgan fingerprint density at radius 3 is 2.90 bits per heavy atom. The van der Waals surface area contributed by atoms with Gasteiger partial charge >= 0.3 is 0 Å². The number of carbonyl (C=O) groups excluding carboxylic acids is 1. The largest absolute Gasteiger partial charge is 0.384 e. The van der Waals surface area contributed by atoms with Gasteiger partial charge in [-0.25, -0.2) is 0 Å². The lowest BCUT2D eigenvalue weighted by Gasteiger charge is -2.06. The number of benzene rings is 1. The summed E-state index contributed by atoms with van der Waals surface area (Å²) < 4.78 is 0. The molecule has 0 bridgehead atoms. The van der Waals surface area contributed by atoms with Crippen LogP contribution in [-0.2, 0) is 16.2 Å². The Balaban J connectivity index is 2.27.